The molecule has 26 heavy (non-hydrogen) atoms. The molecule has 140 valence electrons. The molecule has 0 spiro atoms. The van der Waals surface area contributed by atoms with Crippen molar-refractivity contribution >= 4 is 35.0 Å². The number of carbonyl (C=O) groups excluding carboxylic acids is 1. The van der Waals surface area contributed by atoms with Gasteiger partial charge in [0, 0.05) is 12.1 Å². The Bertz CT molecular complexity index is 905. The van der Waals surface area contributed by atoms with Gasteiger partial charge in [-0.05, 0) is 52.0 Å². The summed E-state index contributed by atoms with van der Waals surface area (Å²) in [6, 6.07) is 5.12. The summed E-state index contributed by atoms with van der Waals surface area (Å²) in [6.45, 7) is 7.19. The monoisotopic (exact) mass is 400 g/mol. The molecule has 2 rings (SSSR count). The van der Waals surface area contributed by atoms with Crippen LogP contribution in [-0.2, 0) is 11.3 Å². The summed E-state index contributed by atoms with van der Waals surface area (Å²) < 4.78 is 20.0. The normalized spacial score (nSPS) is 11.3. The van der Waals surface area contributed by atoms with Crippen molar-refractivity contribution in [3.05, 3.63) is 50.5 Å². The number of aromatic nitrogens is 1. The van der Waals surface area contributed by atoms with Crippen LogP contribution in [0.2, 0.25) is 10.0 Å². The van der Waals surface area contributed by atoms with Crippen LogP contribution in [0, 0.1) is 5.82 Å². The van der Waals surface area contributed by atoms with Crippen LogP contribution in [0.3, 0.4) is 0 Å². The van der Waals surface area contributed by atoms with Crippen molar-refractivity contribution in [1.29, 1.82) is 0 Å². The highest BCUT2D eigenvalue weighted by molar-refractivity contribution is 6.33. The third-order valence-electron chi connectivity index (χ3n) is 3.38. The molecule has 0 unspecified atom stereocenters. The lowest BCUT2D eigenvalue weighted by Gasteiger charge is -2.22. The van der Waals surface area contributed by atoms with E-state index in [0.29, 0.717) is 11.3 Å². The van der Waals surface area contributed by atoms with Crippen molar-refractivity contribution in [2.45, 2.75) is 39.8 Å². The smallest absolute Gasteiger partial charge is 0.412 e. The van der Waals surface area contributed by atoms with E-state index in [1.54, 1.807) is 27.7 Å². The minimum atomic E-state index is -0.714. The third kappa shape index (κ3) is 4.56. The lowest BCUT2D eigenvalue weighted by atomic mass is 10.1. The van der Waals surface area contributed by atoms with Crippen LogP contribution in [0.5, 0.6) is 0 Å². The van der Waals surface area contributed by atoms with E-state index in [-0.39, 0.29) is 22.3 Å². The molecule has 0 aliphatic carbocycles. The number of hydrogen-bond donors (Lipinski definition) is 1. The first-order valence-corrected chi connectivity index (χ1v) is 8.68. The number of halogens is 3. The predicted molar refractivity (Wildman–Crippen MR) is 102 cm³/mol. The maximum Gasteiger partial charge on any atom is 0.412 e. The Kier molecular flexibility index (Phi) is 5.98. The SMILES string of the molecule is CCn1c(-c2ccc(F)cc2Cl)c(NC(=O)OC(C)(C)C)cc(Cl)c1=O. The van der Waals surface area contributed by atoms with Crippen molar-refractivity contribution in [3.8, 4) is 11.3 Å². The van der Waals surface area contributed by atoms with Gasteiger partial charge in [0.2, 0.25) is 0 Å². The van der Waals surface area contributed by atoms with E-state index in [1.165, 1.54) is 22.8 Å². The van der Waals surface area contributed by atoms with E-state index in [4.69, 9.17) is 27.9 Å². The molecule has 5 nitrogen and oxygen atoms in total. The van der Waals surface area contributed by atoms with Gasteiger partial charge < -0.3 is 9.30 Å². The lowest BCUT2D eigenvalue weighted by Crippen LogP contribution is -2.29. The maximum atomic E-state index is 13.4. The Morgan fingerprint density at radius 1 is 1.23 bits per heavy atom. The topological polar surface area (TPSA) is 60.3 Å². The first-order chi connectivity index (χ1) is 12.0. The molecule has 1 aromatic heterocycles. The van der Waals surface area contributed by atoms with Crippen molar-refractivity contribution in [2.75, 3.05) is 5.32 Å². The molecule has 8 heteroatoms. The van der Waals surface area contributed by atoms with Gasteiger partial charge in [-0.2, -0.15) is 0 Å². The highest BCUT2D eigenvalue weighted by Gasteiger charge is 2.22. The van der Waals surface area contributed by atoms with E-state index in [2.05, 4.69) is 5.32 Å². The summed E-state index contributed by atoms with van der Waals surface area (Å²) in [5, 5.41) is 2.62. The zero-order chi connectivity index (χ0) is 19.6. The Morgan fingerprint density at radius 2 is 1.88 bits per heavy atom. The minimum Gasteiger partial charge on any atom is -0.444 e. The fraction of sp³-hybridized carbons (Fsp3) is 0.333. The molecule has 0 radical (unpaired) electrons. The van der Waals surface area contributed by atoms with Crippen LogP contribution in [-0.4, -0.2) is 16.3 Å². The molecule has 0 bridgehead atoms. The molecular weight excluding hydrogens is 382 g/mol. The van der Waals surface area contributed by atoms with E-state index >= 15 is 0 Å². The first-order valence-electron chi connectivity index (χ1n) is 7.92. The van der Waals surface area contributed by atoms with E-state index in [9.17, 15) is 14.0 Å². The van der Waals surface area contributed by atoms with E-state index < -0.39 is 23.1 Å². The average Bonchev–Trinajstić information content (AvgIpc) is 2.49. The van der Waals surface area contributed by atoms with Crippen molar-refractivity contribution in [2.24, 2.45) is 0 Å². The van der Waals surface area contributed by atoms with Crippen LogP contribution in [0.1, 0.15) is 27.7 Å². The fourth-order valence-corrected chi connectivity index (χ4v) is 2.88. The van der Waals surface area contributed by atoms with Gasteiger partial charge in [0.15, 0.2) is 0 Å². The number of benzene rings is 1. The first kappa shape index (κ1) is 20.3. The molecule has 0 aliphatic heterocycles. The van der Waals surface area contributed by atoms with Crippen molar-refractivity contribution < 1.29 is 13.9 Å². The van der Waals surface area contributed by atoms with Gasteiger partial charge >= 0.3 is 6.09 Å². The van der Waals surface area contributed by atoms with Gasteiger partial charge in [-0.25, -0.2) is 9.18 Å². The molecular formula is C18H19Cl2FN2O3. The van der Waals surface area contributed by atoms with Gasteiger partial charge in [0.25, 0.3) is 5.56 Å². The second kappa shape index (κ2) is 7.68. The van der Waals surface area contributed by atoms with E-state index in [1.807, 2.05) is 0 Å². The number of pyridine rings is 1. The molecule has 1 N–H and O–H groups in total. The molecule has 0 saturated heterocycles. The Balaban J connectivity index is 2.66. The average molecular weight is 401 g/mol. The standard InChI is InChI=1S/C18H19Cl2FN2O3/c1-5-23-15(11-7-6-10(21)8-12(11)19)14(9-13(20)16(23)24)22-17(25)26-18(2,3)4/h6-9H,5H2,1-4H3,(H,22,25). The minimum absolute atomic E-state index is 0.0695. The van der Waals surface area contributed by atoms with Gasteiger partial charge in [-0.3, -0.25) is 10.1 Å². The highest BCUT2D eigenvalue weighted by atomic mass is 35.5. The quantitative estimate of drug-likeness (QED) is 0.757. The van der Waals surface area contributed by atoms with Gasteiger partial charge in [-0.15, -0.1) is 0 Å². The van der Waals surface area contributed by atoms with Crippen LogP contribution in [0.25, 0.3) is 11.3 Å². The van der Waals surface area contributed by atoms with E-state index in [0.717, 1.165) is 6.07 Å². The lowest BCUT2D eigenvalue weighted by molar-refractivity contribution is 0.0636. The number of anilines is 1. The number of ether oxygens (including phenoxy) is 1. The molecule has 0 saturated carbocycles. The number of rotatable bonds is 3. The molecule has 0 fully saturated rings. The maximum absolute atomic E-state index is 13.4. The predicted octanol–water partition coefficient (Wildman–Crippen LogP) is 5.33. The number of amides is 1. The number of nitrogens with one attached hydrogen (secondary N) is 1. The molecule has 1 heterocycles. The molecule has 2 aromatic rings. The van der Waals surface area contributed by atoms with Gasteiger partial charge in [0.05, 0.1) is 16.4 Å². The summed E-state index contributed by atoms with van der Waals surface area (Å²) in [6.07, 6.45) is -0.714. The van der Waals surface area contributed by atoms with Crippen LogP contribution >= 0.6 is 23.2 Å². The van der Waals surface area contributed by atoms with Crippen LogP contribution in [0.15, 0.2) is 29.1 Å². The summed E-state index contributed by atoms with van der Waals surface area (Å²) in [5.41, 5.74) is -0.216. The summed E-state index contributed by atoms with van der Waals surface area (Å²) >= 11 is 12.2. The largest absolute Gasteiger partial charge is 0.444 e. The zero-order valence-corrected chi connectivity index (χ0v) is 16.3. The third-order valence-corrected chi connectivity index (χ3v) is 3.97. The number of hydrogen-bond acceptors (Lipinski definition) is 3. The fourth-order valence-electron chi connectivity index (χ4n) is 2.42. The number of carbonyl (C=O) groups is 1. The highest BCUT2D eigenvalue weighted by Crippen LogP contribution is 2.34. The van der Waals surface area contributed by atoms with Gasteiger partial charge in [-0.1, -0.05) is 23.2 Å². The summed E-state index contributed by atoms with van der Waals surface area (Å²) in [7, 11) is 0. The Morgan fingerprint density at radius 3 is 2.42 bits per heavy atom. The Hall–Kier alpha value is -2.05. The molecule has 1 aromatic carbocycles. The zero-order valence-electron chi connectivity index (χ0n) is 14.8. The van der Waals surface area contributed by atoms with Crippen molar-refractivity contribution in [3.63, 3.8) is 0 Å². The molecule has 0 atom stereocenters. The summed E-state index contributed by atoms with van der Waals surface area (Å²) in [5.74, 6) is -0.514. The summed E-state index contributed by atoms with van der Waals surface area (Å²) in [4.78, 5) is 24.6. The molecule has 0 aliphatic rings. The van der Waals surface area contributed by atoms with Crippen LogP contribution in [0.4, 0.5) is 14.9 Å². The Labute approximate surface area is 160 Å². The van der Waals surface area contributed by atoms with Crippen LogP contribution < -0.4 is 10.9 Å². The van der Waals surface area contributed by atoms with Crippen molar-refractivity contribution in [1.82, 2.24) is 4.57 Å². The molecule has 1 amide bonds. The van der Waals surface area contributed by atoms with Gasteiger partial charge in [0.1, 0.15) is 16.4 Å². The second-order valence-corrected chi connectivity index (χ2v) is 7.37. The second-order valence-electron chi connectivity index (χ2n) is 6.56. The number of nitrogens with zero attached hydrogens (tertiary/aromatic N) is 1.